The van der Waals surface area contributed by atoms with E-state index in [1.807, 2.05) is 0 Å². The highest BCUT2D eigenvalue weighted by Crippen LogP contribution is 2.58. The van der Waals surface area contributed by atoms with Gasteiger partial charge in [-0.05, 0) is 6.07 Å². The van der Waals surface area contributed by atoms with Crippen molar-refractivity contribution in [1.29, 1.82) is 0 Å². The van der Waals surface area contributed by atoms with Crippen LogP contribution in [0.4, 0.5) is 11.8 Å². The molecule has 46 heavy (non-hydrogen) atoms. The number of nitrogens with one attached hydrogen (secondary N) is 1. The molecule has 2 fully saturated rings. The number of nitrogens with two attached hydrogens (primary N) is 2. The molecule has 5 heterocycles. The molecule has 10 atom stereocenters. The standard InChI is InChI=1S/C22H30N8O14P2/c1-25-22-28-12-17(23)26-8-27-19(12)30(22)21-16(34)14(32)11(43-21)7-41-46(38,39)44-45(36,37)40-6-10-13(31)15(33)20(42-10)29-4-2-3-9(5-29)18(24)35/h2-5,8,10-11,13-16,20-21,31-34H,6-7H2,1H3,(H6-,23,24,25,26,27,28,35,36,37,38,39). The molecule has 10 unspecified atom stereocenters. The number of nitrogens with zero attached hydrogens (tertiary/aromatic N) is 5. The Hall–Kier alpha value is -3.21. The van der Waals surface area contributed by atoms with E-state index in [4.69, 9.17) is 25.5 Å². The molecule has 10 N–H and O–H groups in total. The Kier molecular flexibility index (Phi) is 9.74. The lowest BCUT2D eigenvalue weighted by Crippen LogP contribution is -2.46. The number of primary amides is 1. The summed E-state index contributed by atoms with van der Waals surface area (Å²) in [5.74, 6) is -0.633. The molecule has 24 heteroatoms. The number of aliphatic hydroxyl groups is 4. The SMILES string of the molecule is CNc1nc2c(N)ncnc2n1C1OC(COP(=O)(O)OP(=O)([O-])OCC2OC([n+]3cccc(C(N)=O)c3)C(O)C2O)C(O)C1O. The molecule has 0 spiro atoms. The highest BCUT2D eigenvalue weighted by molar-refractivity contribution is 7.60. The van der Waals surface area contributed by atoms with Crippen molar-refractivity contribution in [1.82, 2.24) is 19.5 Å². The van der Waals surface area contributed by atoms with Gasteiger partial charge in [0.2, 0.25) is 5.95 Å². The molecule has 1 amide bonds. The van der Waals surface area contributed by atoms with Crippen LogP contribution in [0.5, 0.6) is 0 Å². The molecular formula is C22H30N8O14P2. The molecule has 0 radical (unpaired) electrons. The summed E-state index contributed by atoms with van der Waals surface area (Å²) < 4.78 is 51.9. The maximum Gasteiger partial charge on any atom is 0.478 e. The Morgan fingerprint density at radius 3 is 2.48 bits per heavy atom. The van der Waals surface area contributed by atoms with Crippen LogP contribution in [-0.4, -0.2) is 108 Å². The first kappa shape index (κ1) is 34.1. The molecule has 0 saturated carbocycles. The summed E-state index contributed by atoms with van der Waals surface area (Å²) in [5.41, 5.74) is 11.4. The van der Waals surface area contributed by atoms with E-state index < -0.39 is 83.8 Å². The van der Waals surface area contributed by atoms with E-state index in [1.54, 1.807) is 0 Å². The number of carbonyl (C=O) groups excluding carboxylic acids is 1. The second kappa shape index (κ2) is 13.1. The highest BCUT2D eigenvalue weighted by atomic mass is 31.3. The van der Waals surface area contributed by atoms with E-state index in [-0.39, 0.29) is 28.5 Å². The van der Waals surface area contributed by atoms with Crippen molar-refractivity contribution < 1.29 is 71.5 Å². The lowest BCUT2D eigenvalue weighted by atomic mass is 10.1. The van der Waals surface area contributed by atoms with Crippen LogP contribution in [0.3, 0.4) is 0 Å². The third-order valence-corrected chi connectivity index (χ3v) is 9.63. The van der Waals surface area contributed by atoms with Crippen LogP contribution >= 0.6 is 15.6 Å². The topological polar surface area (TPSA) is 333 Å². The summed E-state index contributed by atoms with van der Waals surface area (Å²) in [6.45, 7) is -1.91. The number of aliphatic hydroxyl groups excluding tert-OH is 4. The quantitative estimate of drug-likeness (QED) is 0.0671. The molecule has 2 saturated heterocycles. The van der Waals surface area contributed by atoms with Crippen LogP contribution in [0, 0.1) is 0 Å². The number of amides is 1. The number of carbonyl (C=O) groups is 1. The third kappa shape index (κ3) is 6.89. The number of fused-ring (bicyclic) bond motifs is 1. The number of aromatic nitrogens is 5. The molecule has 0 aliphatic carbocycles. The van der Waals surface area contributed by atoms with Crippen LogP contribution < -0.4 is 26.2 Å². The maximum atomic E-state index is 12.5. The minimum Gasteiger partial charge on any atom is -0.756 e. The summed E-state index contributed by atoms with van der Waals surface area (Å²) >= 11 is 0. The molecule has 2 aliphatic heterocycles. The van der Waals surface area contributed by atoms with Crippen molar-refractivity contribution in [3.8, 4) is 0 Å². The monoisotopic (exact) mass is 692 g/mol. The van der Waals surface area contributed by atoms with Gasteiger partial charge in [-0.3, -0.25) is 18.5 Å². The predicted octanol–water partition coefficient (Wildman–Crippen LogP) is -3.61. The Balaban J connectivity index is 1.18. The second-order valence-electron chi connectivity index (χ2n) is 10.1. The molecule has 3 aromatic rings. The number of hydrogen-bond acceptors (Lipinski definition) is 18. The van der Waals surface area contributed by atoms with Crippen LogP contribution in [-0.2, 0) is 32.0 Å². The molecule has 3 aromatic heterocycles. The van der Waals surface area contributed by atoms with Gasteiger partial charge < -0.3 is 61.0 Å². The summed E-state index contributed by atoms with van der Waals surface area (Å²) in [6.07, 6.45) is -8.47. The lowest BCUT2D eigenvalue weighted by Gasteiger charge is -2.26. The Morgan fingerprint density at radius 2 is 1.78 bits per heavy atom. The predicted molar refractivity (Wildman–Crippen MR) is 147 cm³/mol. The van der Waals surface area contributed by atoms with Gasteiger partial charge in [-0.2, -0.15) is 4.57 Å². The van der Waals surface area contributed by atoms with E-state index in [1.165, 1.54) is 40.7 Å². The van der Waals surface area contributed by atoms with Gasteiger partial charge in [-0.1, -0.05) is 0 Å². The zero-order valence-electron chi connectivity index (χ0n) is 23.6. The molecule has 5 rings (SSSR count). The fraction of sp³-hybridized carbons (Fsp3) is 0.500. The smallest absolute Gasteiger partial charge is 0.478 e. The molecule has 252 valence electrons. The first-order valence-electron chi connectivity index (χ1n) is 13.3. The fourth-order valence-electron chi connectivity index (χ4n) is 4.84. The second-order valence-corrected chi connectivity index (χ2v) is 13.1. The largest absolute Gasteiger partial charge is 0.756 e. The first-order valence-corrected chi connectivity index (χ1v) is 16.2. The van der Waals surface area contributed by atoms with Crippen molar-refractivity contribution in [3.05, 3.63) is 36.4 Å². The Morgan fingerprint density at radius 1 is 1.11 bits per heavy atom. The third-order valence-electron chi connectivity index (χ3n) is 7.06. The average molecular weight is 692 g/mol. The van der Waals surface area contributed by atoms with Crippen molar-refractivity contribution in [2.24, 2.45) is 5.73 Å². The summed E-state index contributed by atoms with van der Waals surface area (Å²) in [7, 11) is -9.59. The average Bonchev–Trinajstić information content (AvgIpc) is 3.61. The van der Waals surface area contributed by atoms with Gasteiger partial charge in [0.15, 0.2) is 41.7 Å². The van der Waals surface area contributed by atoms with Crippen LogP contribution in [0.25, 0.3) is 11.2 Å². The van der Waals surface area contributed by atoms with E-state index >= 15 is 0 Å². The number of phosphoric acid groups is 2. The first-order chi connectivity index (χ1) is 21.6. The minimum atomic E-state index is -5.64. The van der Waals surface area contributed by atoms with Crippen molar-refractivity contribution in [2.75, 3.05) is 31.3 Å². The number of imidazole rings is 1. The number of hydrogen-bond donors (Lipinski definition) is 8. The molecule has 0 bridgehead atoms. The van der Waals surface area contributed by atoms with E-state index in [0.717, 1.165) is 6.33 Å². The summed E-state index contributed by atoms with van der Waals surface area (Å²) in [6, 6.07) is 2.82. The number of nitrogen functional groups attached to an aromatic ring is 1. The Labute approximate surface area is 258 Å². The van der Waals surface area contributed by atoms with Crippen molar-refractivity contribution in [2.45, 2.75) is 49.1 Å². The summed E-state index contributed by atoms with van der Waals surface area (Å²) in [4.78, 5) is 46.0. The number of rotatable bonds is 12. The van der Waals surface area contributed by atoms with Crippen LogP contribution in [0.2, 0.25) is 0 Å². The van der Waals surface area contributed by atoms with E-state index in [9.17, 15) is 44.1 Å². The van der Waals surface area contributed by atoms with Gasteiger partial charge in [-0.15, -0.1) is 0 Å². The fourth-order valence-corrected chi connectivity index (χ4v) is 6.89. The molecule has 0 aromatic carbocycles. The van der Waals surface area contributed by atoms with Crippen molar-refractivity contribution >= 4 is 44.5 Å². The number of pyridine rings is 1. The van der Waals surface area contributed by atoms with E-state index in [2.05, 4.69) is 29.1 Å². The Bertz CT molecular complexity index is 1700. The number of ether oxygens (including phenoxy) is 2. The summed E-state index contributed by atoms with van der Waals surface area (Å²) in [5, 5.41) is 44.7. The van der Waals surface area contributed by atoms with Gasteiger partial charge in [0, 0.05) is 13.1 Å². The van der Waals surface area contributed by atoms with Gasteiger partial charge in [0.25, 0.3) is 20.0 Å². The molecule has 22 nitrogen and oxygen atoms in total. The maximum absolute atomic E-state index is 12.5. The van der Waals surface area contributed by atoms with Crippen LogP contribution in [0.15, 0.2) is 30.9 Å². The molecule has 2 aliphatic rings. The minimum absolute atomic E-state index is 0.0228. The van der Waals surface area contributed by atoms with Crippen LogP contribution in [0.1, 0.15) is 22.8 Å². The normalized spacial score (nSPS) is 30.7. The lowest BCUT2D eigenvalue weighted by molar-refractivity contribution is -0.765. The van der Waals surface area contributed by atoms with Crippen molar-refractivity contribution in [3.63, 3.8) is 0 Å². The number of anilines is 2. The van der Waals surface area contributed by atoms with Gasteiger partial charge >= 0.3 is 7.82 Å². The number of phosphoric ester groups is 2. The highest BCUT2D eigenvalue weighted by Gasteiger charge is 2.49. The zero-order valence-corrected chi connectivity index (χ0v) is 25.4. The molecular weight excluding hydrogens is 662 g/mol. The van der Waals surface area contributed by atoms with Gasteiger partial charge in [0.1, 0.15) is 42.4 Å². The van der Waals surface area contributed by atoms with Gasteiger partial charge in [-0.25, -0.2) is 23.8 Å². The van der Waals surface area contributed by atoms with Gasteiger partial charge in [0.05, 0.1) is 13.2 Å². The zero-order chi connectivity index (χ0) is 33.6. The van der Waals surface area contributed by atoms with E-state index in [0.29, 0.717) is 0 Å².